The van der Waals surface area contributed by atoms with E-state index < -0.39 is 0 Å². The fourth-order valence-electron chi connectivity index (χ4n) is 1.44. The van der Waals surface area contributed by atoms with Crippen LogP contribution in [0.4, 0.5) is 5.69 Å². The van der Waals surface area contributed by atoms with Crippen molar-refractivity contribution in [2.24, 2.45) is 0 Å². The standard InChI is InChI=1S/C12H13N3OS/c1-9(2)16-12-7-11(4-3-10(12)8-13)15-14-5-6-17-15/h3-7,9,14H,1-2H3. The molecule has 88 valence electrons. The first kappa shape index (κ1) is 11.7. The first-order valence-corrected chi connectivity index (χ1v) is 6.13. The molecule has 17 heavy (non-hydrogen) atoms. The number of hydrazine groups is 1. The Morgan fingerprint density at radius 2 is 2.29 bits per heavy atom. The van der Waals surface area contributed by atoms with Crippen molar-refractivity contribution in [1.82, 2.24) is 5.43 Å². The van der Waals surface area contributed by atoms with Gasteiger partial charge in [-0.05, 0) is 26.0 Å². The minimum atomic E-state index is 0.0506. The van der Waals surface area contributed by atoms with Crippen LogP contribution in [0.2, 0.25) is 0 Å². The summed E-state index contributed by atoms with van der Waals surface area (Å²) in [5.41, 5.74) is 4.58. The van der Waals surface area contributed by atoms with Crippen LogP contribution >= 0.6 is 11.9 Å². The third kappa shape index (κ3) is 2.66. The van der Waals surface area contributed by atoms with Crippen LogP contribution in [0.15, 0.2) is 29.8 Å². The largest absolute Gasteiger partial charge is 0.490 e. The van der Waals surface area contributed by atoms with Gasteiger partial charge in [0, 0.05) is 29.6 Å². The molecule has 0 aliphatic carbocycles. The van der Waals surface area contributed by atoms with Crippen molar-refractivity contribution in [3.05, 3.63) is 35.4 Å². The highest BCUT2D eigenvalue weighted by Gasteiger charge is 2.12. The highest BCUT2D eigenvalue weighted by atomic mass is 32.2. The van der Waals surface area contributed by atoms with Gasteiger partial charge in [-0.1, -0.05) is 0 Å². The molecule has 1 aromatic rings. The van der Waals surface area contributed by atoms with Crippen molar-refractivity contribution < 1.29 is 4.74 Å². The predicted molar refractivity (Wildman–Crippen MR) is 69.3 cm³/mol. The molecule has 1 aliphatic heterocycles. The van der Waals surface area contributed by atoms with Crippen molar-refractivity contribution in [3.63, 3.8) is 0 Å². The highest BCUT2D eigenvalue weighted by Crippen LogP contribution is 2.30. The number of benzene rings is 1. The van der Waals surface area contributed by atoms with Gasteiger partial charge in [-0.25, -0.2) is 4.41 Å². The zero-order valence-electron chi connectivity index (χ0n) is 9.68. The van der Waals surface area contributed by atoms with Crippen LogP contribution in [0.5, 0.6) is 5.75 Å². The van der Waals surface area contributed by atoms with Crippen molar-refractivity contribution in [2.45, 2.75) is 20.0 Å². The summed E-state index contributed by atoms with van der Waals surface area (Å²) in [5.74, 6) is 0.620. The molecule has 1 heterocycles. The summed E-state index contributed by atoms with van der Waals surface area (Å²) in [6.07, 6.45) is 1.90. The summed E-state index contributed by atoms with van der Waals surface area (Å²) in [6.45, 7) is 3.89. The van der Waals surface area contributed by atoms with Gasteiger partial charge in [0.2, 0.25) is 0 Å². The van der Waals surface area contributed by atoms with Crippen LogP contribution in [0.3, 0.4) is 0 Å². The lowest BCUT2D eigenvalue weighted by Gasteiger charge is -2.18. The summed E-state index contributed by atoms with van der Waals surface area (Å²) in [6, 6.07) is 7.66. The summed E-state index contributed by atoms with van der Waals surface area (Å²) in [7, 11) is 0. The van der Waals surface area contributed by atoms with Crippen LogP contribution in [0.1, 0.15) is 19.4 Å². The van der Waals surface area contributed by atoms with Gasteiger partial charge in [0.05, 0.1) is 17.4 Å². The lowest BCUT2D eigenvalue weighted by atomic mass is 10.2. The molecule has 0 unspecified atom stereocenters. The molecule has 0 saturated heterocycles. The summed E-state index contributed by atoms with van der Waals surface area (Å²) < 4.78 is 7.53. The summed E-state index contributed by atoms with van der Waals surface area (Å²) >= 11 is 1.54. The van der Waals surface area contributed by atoms with E-state index in [0.29, 0.717) is 11.3 Å². The Morgan fingerprint density at radius 3 is 2.88 bits per heavy atom. The van der Waals surface area contributed by atoms with E-state index in [1.807, 2.05) is 42.0 Å². The van der Waals surface area contributed by atoms with Crippen molar-refractivity contribution >= 4 is 17.6 Å². The molecule has 0 bridgehead atoms. The first-order chi connectivity index (χ1) is 8.20. The average Bonchev–Trinajstić information content (AvgIpc) is 2.81. The molecule has 2 rings (SSSR count). The molecule has 5 heteroatoms. The Bertz CT molecular complexity index is 471. The number of hydrogen-bond acceptors (Lipinski definition) is 5. The van der Waals surface area contributed by atoms with E-state index in [-0.39, 0.29) is 6.10 Å². The van der Waals surface area contributed by atoms with Gasteiger partial charge < -0.3 is 4.74 Å². The van der Waals surface area contributed by atoms with Gasteiger partial charge in [0.1, 0.15) is 11.8 Å². The third-order valence-corrected chi connectivity index (χ3v) is 2.89. The number of ether oxygens (including phenoxy) is 1. The number of rotatable bonds is 3. The second-order valence-corrected chi connectivity index (χ2v) is 4.64. The number of nitrogens with one attached hydrogen (secondary N) is 1. The molecule has 1 aromatic carbocycles. The average molecular weight is 247 g/mol. The molecule has 0 fully saturated rings. The fraction of sp³-hybridized carbons (Fsp3) is 0.250. The molecule has 1 N–H and O–H groups in total. The maximum Gasteiger partial charge on any atom is 0.139 e. The highest BCUT2D eigenvalue weighted by molar-refractivity contribution is 8.03. The quantitative estimate of drug-likeness (QED) is 0.832. The van der Waals surface area contributed by atoms with Crippen LogP contribution in [-0.2, 0) is 0 Å². The number of hydrogen-bond donors (Lipinski definition) is 1. The van der Waals surface area contributed by atoms with E-state index in [1.165, 1.54) is 11.9 Å². The third-order valence-electron chi connectivity index (χ3n) is 2.11. The molecule has 0 spiro atoms. The maximum absolute atomic E-state index is 9.01. The zero-order valence-corrected chi connectivity index (χ0v) is 10.5. The molecule has 0 aromatic heterocycles. The van der Waals surface area contributed by atoms with Gasteiger partial charge in [0.25, 0.3) is 0 Å². The fourth-order valence-corrected chi connectivity index (χ4v) is 2.04. The van der Waals surface area contributed by atoms with Gasteiger partial charge in [-0.15, -0.1) is 0 Å². The Kier molecular flexibility index (Phi) is 3.45. The molecular weight excluding hydrogens is 234 g/mol. The van der Waals surface area contributed by atoms with Gasteiger partial charge in [0.15, 0.2) is 0 Å². The van der Waals surface area contributed by atoms with E-state index in [9.17, 15) is 0 Å². The van der Waals surface area contributed by atoms with Crippen LogP contribution in [-0.4, -0.2) is 6.10 Å². The van der Waals surface area contributed by atoms with E-state index >= 15 is 0 Å². The molecule has 0 amide bonds. The topological polar surface area (TPSA) is 48.3 Å². The minimum absolute atomic E-state index is 0.0506. The van der Waals surface area contributed by atoms with E-state index in [4.69, 9.17) is 10.00 Å². The van der Waals surface area contributed by atoms with Crippen molar-refractivity contribution in [3.8, 4) is 11.8 Å². The molecule has 0 radical (unpaired) electrons. The Labute approximate surface area is 105 Å². The lowest BCUT2D eigenvalue weighted by Crippen LogP contribution is -2.22. The lowest BCUT2D eigenvalue weighted by molar-refractivity contribution is 0.242. The van der Waals surface area contributed by atoms with Gasteiger partial charge >= 0.3 is 0 Å². The number of nitrogens with zero attached hydrogens (tertiary/aromatic N) is 2. The molecular formula is C12H13N3OS. The number of nitriles is 1. The van der Waals surface area contributed by atoms with Crippen LogP contribution in [0.25, 0.3) is 0 Å². The van der Waals surface area contributed by atoms with Gasteiger partial charge in [-0.2, -0.15) is 5.26 Å². The SMILES string of the molecule is CC(C)Oc1cc(N2NC=CS2)ccc1C#N. The summed E-state index contributed by atoms with van der Waals surface area (Å²) in [4.78, 5) is 0. The second-order valence-electron chi connectivity index (χ2n) is 3.79. The Morgan fingerprint density at radius 1 is 1.47 bits per heavy atom. The Hall–Kier alpha value is -1.80. The van der Waals surface area contributed by atoms with Crippen molar-refractivity contribution in [2.75, 3.05) is 4.41 Å². The first-order valence-electron chi connectivity index (χ1n) is 5.29. The molecule has 1 aliphatic rings. The molecule has 0 atom stereocenters. The van der Waals surface area contributed by atoms with Crippen LogP contribution < -0.4 is 14.6 Å². The predicted octanol–water partition coefficient (Wildman–Crippen LogP) is 2.79. The normalized spacial score (nSPS) is 13.6. The zero-order chi connectivity index (χ0) is 12.3. The Balaban J connectivity index is 2.28. The molecule has 4 nitrogen and oxygen atoms in total. The second kappa shape index (κ2) is 5.02. The minimum Gasteiger partial charge on any atom is -0.490 e. The molecule has 0 saturated carbocycles. The van der Waals surface area contributed by atoms with Crippen molar-refractivity contribution in [1.29, 1.82) is 5.26 Å². The van der Waals surface area contributed by atoms with Crippen LogP contribution in [0, 0.1) is 11.3 Å². The maximum atomic E-state index is 9.01. The van der Waals surface area contributed by atoms with E-state index in [0.717, 1.165) is 5.69 Å². The smallest absolute Gasteiger partial charge is 0.139 e. The summed E-state index contributed by atoms with van der Waals surface area (Å²) in [5, 5.41) is 11.0. The monoisotopic (exact) mass is 247 g/mol. The van der Waals surface area contributed by atoms with Gasteiger partial charge in [-0.3, -0.25) is 5.43 Å². The van der Waals surface area contributed by atoms with E-state index in [1.54, 1.807) is 6.07 Å². The van der Waals surface area contributed by atoms with E-state index in [2.05, 4.69) is 11.5 Å². The number of anilines is 1.